The largest absolute Gasteiger partial charge is 0.480 e. The van der Waals surface area contributed by atoms with Gasteiger partial charge in [0.15, 0.2) is 0 Å². The number of hydrogen-bond donors (Lipinski definition) is 1. The Morgan fingerprint density at radius 1 is 1.56 bits per heavy atom. The van der Waals surface area contributed by atoms with E-state index in [0.29, 0.717) is 6.42 Å². The summed E-state index contributed by atoms with van der Waals surface area (Å²) in [6.45, 7) is 1.74. The zero-order valence-electron chi connectivity index (χ0n) is 10.1. The monoisotopic (exact) mass is 331 g/mol. The minimum absolute atomic E-state index is 0.311. The fourth-order valence-corrected chi connectivity index (χ4v) is 2.78. The maximum atomic E-state index is 11.8. The average molecular weight is 332 g/mol. The van der Waals surface area contributed by atoms with Crippen LogP contribution in [0.15, 0.2) is 22.0 Å². The number of rotatable bonds is 5. The summed E-state index contributed by atoms with van der Waals surface area (Å²) >= 11 is 4.84. The van der Waals surface area contributed by atoms with Gasteiger partial charge in [-0.2, -0.15) is 0 Å². The average Bonchev–Trinajstić information content (AvgIpc) is 2.72. The second kappa shape index (κ2) is 6.70. The van der Waals surface area contributed by atoms with E-state index in [1.807, 2.05) is 12.1 Å². The molecular weight excluding hydrogens is 318 g/mol. The van der Waals surface area contributed by atoms with Gasteiger partial charge in [0.05, 0.1) is 3.79 Å². The van der Waals surface area contributed by atoms with Gasteiger partial charge in [0.25, 0.3) is 0 Å². The van der Waals surface area contributed by atoms with E-state index in [4.69, 9.17) is 5.11 Å². The number of carbonyl (C=O) groups excluding carboxylic acids is 1. The third kappa shape index (κ3) is 3.96. The summed E-state index contributed by atoms with van der Waals surface area (Å²) in [5, 5.41) is 8.96. The number of likely N-dealkylation sites (N-methyl/N-ethyl adjacent to an activating group) is 1. The minimum Gasteiger partial charge on any atom is -0.480 e. The van der Waals surface area contributed by atoms with Crippen molar-refractivity contribution in [2.45, 2.75) is 19.4 Å². The molecule has 0 saturated heterocycles. The lowest BCUT2D eigenvalue weighted by Gasteiger charge is -2.22. The van der Waals surface area contributed by atoms with Gasteiger partial charge in [-0.05, 0) is 40.6 Å². The van der Waals surface area contributed by atoms with Gasteiger partial charge in [-0.1, -0.05) is 6.92 Å². The van der Waals surface area contributed by atoms with Crippen molar-refractivity contribution in [1.82, 2.24) is 4.90 Å². The molecule has 0 aliphatic carbocycles. The molecule has 1 N–H and O–H groups in total. The Morgan fingerprint density at radius 2 is 2.22 bits per heavy atom. The molecule has 0 aliphatic heterocycles. The molecule has 0 spiro atoms. The quantitative estimate of drug-likeness (QED) is 0.844. The first-order chi connectivity index (χ1) is 8.45. The molecule has 1 aromatic rings. The first-order valence-corrected chi connectivity index (χ1v) is 6.99. The Morgan fingerprint density at radius 3 is 2.67 bits per heavy atom. The van der Waals surface area contributed by atoms with Gasteiger partial charge in [0.1, 0.15) is 6.04 Å². The molecule has 1 atom stereocenters. The van der Waals surface area contributed by atoms with Crippen LogP contribution in [-0.2, 0) is 9.59 Å². The van der Waals surface area contributed by atoms with E-state index in [9.17, 15) is 9.59 Å². The molecule has 6 heteroatoms. The predicted octanol–water partition coefficient (Wildman–Crippen LogP) is 2.85. The summed E-state index contributed by atoms with van der Waals surface area (Å²) in [7, 11) is 1.50. The van der Waals surface area contributed by atoms with Gasteiger partial charge in [0.2, 0.25) is 5.91 Å². The number of amides is 1. The van der Waals surface area contributed by atoms with Crippen LogP contribution in [0.5, 0.6) is 0 Å². The molecule has 0 saturated carbocycles. The lowest BCUT2D eigenvalue weighted by atomic mass is 10.2. The van der Waals surface area contributed by atoms with E-state index in [0.717, 1.165) is 8.66 Å². The summed E-state index contributed by atoms with van der Waals surface area (Å²) < 4.78 is 0.986. The fourth-order valence-electron chi connectivity index (χ4n) is 1.46. The van der Waals surface area contributed by atoms with Crippen molar-refractivity contribution in [1.29, 1.82) is 0 Å². The van der Waals surface area contributed by atoms with E-state index in [1.165, 1.54) is 29.4 Å². The molecule has 1 unspecified atom stereocenters. The Bertz CT molecular complexity index is 470. The van der Waals surface area contributed by atoms with Crippen molar-refractivity contribution in [3.05, 3.63) is 26.9 Å². The molecule has 98 valence electrons. The molecule has 0 radical (unpaired) electrons. The van der Waals surface area contributed by atoms with Crippen molar-refractivity contribution < 1.29 is 14.7 Å². The van der Waals surface area contributed by atoms with Gasteiger partial charge in [-0.25, -0.2) is 4.79 Å². The molecule has 4 nitrogen and oxygen atoms in total. The van der Waals surface area contributed by atoms with Crippen molar-refractivity contribution in [3.8, 4) is 0 Å². The van der Waals surface area contributed by atoms with Crippen LogP contribution in [0.2, 0.25) is 0 Å². The Labute approximate surface area is 118 Å². The Hall–Kier alpha value is -1.14. The highest BCUT2D eigenvalue weighted by atomic mass is 79.9. The molecular formula is C12H14BrNO3S. The zero-order chi connectivity index (χ0) is 13.7. The second-order valence-corrected chi connectivity index (χ2v) is 6.18. The lowest BCUT2D eigenvalue weighted by Crippen LogP contribution is -2.41. The van der Waals surface area contributed by atoms with Crippen molar-refractivity contribution in [3.63, 3.8) is 0 Å². The van der Waals surface area contributed by atoms with E-state index >= 15 is 0 Å². The smallest absolute Gasteiger partial charge is 0.326 e. The van der Waals surface area contributed by atoms with Crippen molar-refractivity contribution in [2.24, 2.45) is 0 Å². The molecule has 0 aliphatic rings. The topological polar surface area (TPSA) is 57.6 Å². The molecule has 18 heavy (non-hydrogen) atoms. The molecule has 0 fully saturated rings. The summed E-state index contributed by atoms with van der Waals surface area (Å²) in [4.78, 5) is 24.9. The van der Waals surface area contributed by atoms with Gasteiger partial charge in [-0.3, -0.25) is 4.79 Å². The van der Waals surface area contributed by atoms with Crippen LogP contribution in [-0.4, -0.2) is 35.0 Å². The van der Waals surface area contributed by atoms with Crippen LogP contribution in [0.25, 0.3) is 6.08 Å². The lowest BCUT2D eigenvalue weighted by molar-refractivity contribution is -0.147. The molecule has 1 aromatic heterocycles. The van der Waals surface area contributed by atoms with Crippen LogP contribution < -0.4 is 0 Å². The summed E-state index contributed by atoms with van der Waals surface area (Å²) in [6.07, 6.45) is 3.46. The number of carboxylic acids is 1. The number of carboxylic acid groups (broad SMARTS) is 1. The summed E-state index contributed by atoms with van der Waals surface area (Å²) in [6, 6.07) is 3.00. The van der Waals surface area contributed by atoms with Gasteiger partial charge < -0.3 is 10.0 Å². The van der Waals surface area contributed by atoms with Crippen LogP contribution in [0, 0.1) is 0 Å². The third-order valence-corrected chi connectivity index (χ3v) is 4.06. The standard InChI is InChI=1S/C12H14BrNO3S/c1-3-9(12(16)17)14(2)11(15)7-5-8-4-6-10(13)18-8/h4-7,9H,3H2,1-2H3,(H,16,17). The number of halogens is 1. The first-order valence-electron chi connectivity index (χ1n) is 5.38. The number of carbonyl (C=O) groups is 2. The van der Waals surface area contributed by atoms with E-state index < -0.39 is 12.0 Å². The van der Waals surface area contributed by atoms with Gasteiger partial charge in [0, 0.05) is 18.0 Å². The summed E-state index contributed by atoms with van der Waals surface area (Å²) in [5.41, 5.74) is 0. The fraction of sp³-hybridized carbons (Fsp3) is 0.333. The SMILES string of the molecule is CCC(C(=O)O)N(C)C(=O)C=Cc1ccc(Br)s1. The minimum atomic E-state index is -0.986. The number of hydrogen-bond acceptors (Lipinski definition) is 3. The van der Waals surface area contributed by atoms with Crippen molar-refractivity contribution >= 4 is 45.2 Å². The number of nitrogens with zero attached hydrogens (tertiary/aromatic N) is 1. The molecule has 1 amide bonds. The third-order valence-electron chi connectivity index (χ3n) is 2.47. The maximum absolute atomic E-state index is 11.8. The number of aliphatic carboxylic acids is 1. The first kappa shape index (κ1) is 14.9. The van der Waals surface area contributed by atoms with E-state index in [-0.39, 0.29) is 5.91 Å². The maximum Gasteiger partial charge on any atom is 0.326 e. The van der Waals surface area contributed by atoms with Crippen LogP contribution >= 0.6 is 27.3 Å². The molecule has 1 rings (SSSR count). The highest BCUT2D eigenvalue weighted by Gasteiger charge is 2.22. The van der Waals surface area contributed by atoms with Gasteiger partial charge >= 0.3 is 5.97 Å². The normalized spacial score (nSPS) is 12.6. The Balaban J connectivity index is 2.70. The van der Waals surface area contributed by atoms with Crippen LogP contribution in [0.1, 0.15) is 18.2 Å². The predicted molar refractivity (Wildman–Crippen MR) is 75.5 cm³/mol. The Kier molecular flexibility index (Phi) is 5.55. The molecule has 0 aromatic carbocycles. The molecule has 0 bridgehead atoms. The zero-order valence-corrected chi connectivity index (χ0v) is 12.5. The summed E-state index contributed by atoms with van der Waals surface area (Å²) in [5.74, 6) is -1.30. The van der Waals surface area contributed by atoms with Crippen LogP contribution in [0.3, 0.4) is 0 Å². The highest BCUT2D eigenvalue weighted by Crippen LogP contribution is 2.23. The van der Waals surface area contributed by atoms with E-state index in [1.54, 1.807) is 13.0 Å². The van der Waals surface area contributed by atoms with Gasteiger partial charge in [-0.15, -0.1) is 11.3 Å². The van der Waals surface area contributed by atoms with Crippen molar-refractivity contribution in [2.75, 3.05) is 7.05 Å². The number of thiophene rings is 1. The van der Waals surface area contributed by atoms with E-state index in [2.05, 4.69) is 15.9 Å². The highest BCUT2D eigenvalue weighted by molar-refractivity contribution is 9.11. The molecule has 1 heterocycles. The second-order valence-electron chi connectivity index (χ2n) is 3.69. The van der Waals surface area contributed by atoms with Crippen LogP contribution in [0.4, 0.5) is 0 Å².